The van der Waals surface area contributed by atoms with Crippen molar-refractivity contribution in [1.29, 1.82) is 0 Å². The highest BCUT2D eigenvalue weighted by Gasteiger charge is 2.51. The summed E-state index contributed by atoms with van der Waals surface area (Å²) in [6.07, 6.45) is 10.8. The number of benzene rings is 2. The van der Waals surface area contributed by atoms with Crippen LogP contribution in [0.5, 0.6) is 5.75 Å². The minimum absolute atomic E-state index is 0.128. The van der Waals surface area contributed by atoms with Gasteiger partial charge in [0.25, 0.3) is 0 Å². The Morgan fingerprint density at radius 2 is 1.60 bits per heavy atom. The lowest BCUT2D eigenvalue weighted by Crippen LogP contribution is -2.47. The number of rotatable bonds is 6. The topological polar surface area (TPSA) is 101 Å². The molecule has 0 unspecified atom stereocenters. The number of aromatic nitrogens is 2. The largest absolute Gasteiger partial charge is 0.508 e. The lowest BCUT2D eigenvalue weighted by Gasteiger charge is -2.57. The van der Waals surface area contributed by atoms with Crippen molar-refractivity contribution in [3.8, 4) is 17.0 Å². The number of phenolic OH excluding ortho intramolecular Hbond substituents is 1. The van der Waals surface area contributed by atoms with Crippen molar-refractivity contribution in [2.24, 2.45) is 23.2 Å². The summed E-state index contributed by atoms with van der Waals surface area (Å²) in [5, 5.41) is 12.6. The Balaban J connectivity index is 1.29. The first-order chi connectivity index (χ1) is 16.9. The molecule has 4 bridgehead atoms. The SMILES string of the molecule is Nc1ccc(-c2cnc(NC(=O)Cc3ccc(O)cc3)c(CC34CC5CC(CC(C5)C3)C4)n2)cc1. The highest BCUT2D eigenvalue weighted by Crippen LogP contribution is 2.61. The Labute approximate surface area is 206 Å². The minimum Gasteiger partial charge on any atom is -0.508 e. The molecule has 1 amide bonds. The van der Waals surface area contributed by atoms with Gasteiger partial charge >= 0.3 is 0 Å². The summed E-state index contributed by atoms with van der Waals surface area (Å²) in [5.74, 6) is 3.18. The van der Waals surface area contributed by atoms with Crippen molar-refractivity contribution in [2.45, 2.75) is 51.4 Å². The van der Waals surface area contributed by atoms with Crippen LogP contribution in [0.3, 0.4) is 0 Å². The normalized spacial score (nSPS) is 26.6. The van der Waals surface area contributed by atoms with Crippen LogP contribution in [-0.2, 0) is 17.6 Å². The summed E-state index contributed by atoms with van der Waals surface area (Å²) < 4.78 is 0. The van der Waals surface area contributed by atoms with Gasteiger partial charge < -0.3 is 16.2 Å². The summed E-state index contributed by atoms with van der Waals surface area (Å²) in [4.78, 5) is 22.7. The van der Waals surface area contributed by atoms with Gasteiger partial charge in [-0.2, -0.15) is 0 Å². The first-order valence-electron chi connectivity index (χ1n) is 12.7. The third-order valence-electron chi connectivity index (χ3n) is 8.32. The number of carbonyl (C=O) groups is 1. The minimum atomic E-state index is -0.128. The van der Waals surface area contributed by atoms with Crippen LogP contribution >= 0.6 is 0 Å². The number of nitrogens with two attached hydrogens (primary N) is 1. The Morgan fingerprint density at radius 3 is 2.23 bits per heavy atom. The van der Waals surface area contributed by atoms with Crippen LogP contribution in [0.15, 0.2) is 54.7 Å². The molecular weight excluding hydrogens is 436 g/mol. The fraction of sp³-hybridized carbons (Fsp3) is 0.414. The average molecular weight is 469 g/mol. The van der Waals surface area contributed by atoms with E-state index < -0.39 is 0 Å². The standard InChI is InChI=1S/C29H32N4O2/c30-23-5-3-22(4-6-23)26-17-31-28(33-27(35)12-18-1-7-24(34)8-2-18)25(32-26)16-29-13-19-9-20(14-29)11-21(10-19)15-29/h1-8,17,19-21,34H,9-16,30H2,(H,31,33,35). The summed E-state index contributed by atoms with van der Waals surface area (Å²) >= 11 is 0. The van der Waals surface area contributed by atoms with E-state index in [1.54, 1.807) is 30.5 Å². The number of anilines is 2. The predicted octanol–water partition coefficient (Wildman–Crippen LogP) is 5.37. The van der Waals surface area contributed by atoms with Gasteiger partial charge in [-0.1, -0.05) is 24.3 Å². The van der Waals surface area contributed by atoms with Gasteiger partial charge in [-0.25, -0.2) is 9.97 Å². The lowest BCUT2D eigenvalue weighted by atomic mass is 9.48. The Kier molecular flexibility index (Phi) is 5.47. The molecule has 1 heterocycles. The summed E-state index contributed by atoms with van der Waals surface area (Å²) in [5.41, 5.74) is 10.4. The van der Waals surface area contributed by atoms with E-state index in [9.17, 15) is 9.90 Å². The van der Waals surface area contributed by atoms with E-state index >= 15 is 0 Å². The van der Waals surface area contributed by atoms with Gasteiger partial charge in [0.1, 0.15) is 5.75 Å². The zero-order valence-corrected chi connectivity index (χ0v) is 19.9. The molecule has 0 aliphatic heterocycles. The van der Waals surface area contributed by atoms with Gasteiger partial charge in [0, 0.05) is 11.3 Å². The van der Waals surface area contributed by atoms with E-state index in [0.29, 0.717) is 11.5 Å². The van der Waals surface area contributed by atoms with Crippen LogP contribution in [0.4, 0.5) is 11.5 Å². The number of hydrogen-bond donors (Lipinski definition) is 3. The lowest BCUT2D eigenvalue weighted by molar-refractivity contribution is -0.115. The predicted molar refractivity (Wildman–Crippen MR) is 137 cm³/mol. The number of aromatic hydroxyl groups is 1. The summed E-state index contributed by atoms with van der Waals surface area (Å²) in [6.45, 7) is 0. The Bertz CT molecular complexity index is 1200. The number of nitrogen functional groups attached to an aromatic ring is 1. The molecule has 2 aromatic carbocycles. The molecule has 0 saturated heterocycles. The zero-order valence-electron chi connectivity index (χ0n) is 19.9. The van der Waals surface area contributed by atoms with Crippen molar-refractivity contribution in [1.82, 2.24) is 9.97 Å². The fourth-order valence-corrected chi connectivity index (χ4v) is 7.29. The number of hydrogen-bond acceptors (Lipinski definition) is 5. The molecule has 6 heteroatoms. The van der Waals surface area contributed by atoms with E-state index in [0.717, 1.165) is 46.7 Å². The van der Waals surface area contributed by atoms with Crippen molar-refractivity contribution in [3.05, 3.63) is 66.0 Å². The molecule has 7 rings (SSSR count). The number of carbonyl (C=O) groups excluding carboxylic acids is 1. The van der Waals surface area contributed by atoms with Gasteiger partial charge in [0.2, 0.25) is 5.91 Å². The molecule has 0 atom stereocenters. The second kappa shape index (κ2) is 8.67. The molecule has 4 aliphatic carbocycles. The second-order valence-corrected chi connectivity index (χ2v) is 11.2. The molecule has 4 saturated carbocycles. The number of nitrogens with zero attached hydrogens (tertiary/aromatic N) is 2. The maximum absolute atomic E-state index is 12.9. The maximum Gasteiger partial charge on any atom is 0.229 e. The molecule has 3 aromatic rings. The average Bonchev–Trinajstić information content (AvgIpc) is 2.81. The highest BCUT2D eigenvalue weighted by molar-refractivity contribution is 5.92. The van der Waals surface area contributed by atoms with E-state index in [1.807, 2.05) is 24.3 Å². The van der Waals surface area contributed by atoms with Crippen LogP contribution in [0, 0.1) is 23.2 Å². The summed E-state index contributed by atoms with van der Waals surface area (Å²) in [6, 6.07) is 14.4. The van der Waals surface area contributed by atoms with Crippen LogP contribution < -0.4 is 11.1 Å². The maximum atomic E-state index is 12.9. The fourth-order valence-electron chi connectivity index (χ4n) is 7.29. The number of phenols is 1. The summed E-state index contributed by atoms with van der Waals surface area (Å²) in [7, 11) is 0. The van der Waals surface area contributed by atoms with E-state index in [4.69, 9.17) is 15.7 Å². The molecular formula is C29H32N4O2. The molecule has 0 spiro atoms. The molecule has 1 aromatic heterocycles. The molecule has 35 heavy (non-hydrogen) atoms. The Hall–Kier alpha value is -3.41. The van der Waals surface area contributed by atoms with Gasteiger partial charge in [-0.05, 0) is 97.9 Å². The highest BCUT2D eigenvalue weighted by atomic mass is 16.3. The quantitative estimate of drug-likeness (QED) is 0.422. The van der Waals surface area contributed by atoms with Crippen molar-refractivity contribution in [3.63, 3.8) is 0 Å². The van der Waals surface area contributed by atoms with Gasteiger partial charge in [0.15, 0.2) is 5.82 Å². The molecule has 4 aliphatic rings. The number of nitrogens with one attached hydrogen (secondary N) is 1. The van der Waals surface area contributed by atoms with Crippen LogP contribution in [0.2, 0.25) is 0 Å². The van der Waals surface area contributed by atoms with Crippen molar-refractivity contribution >= 4 is 17.4 Å². The van der Waals surface area contributed by atoms with Gasteiger partial charge in [-0.3, -0.25) is 4.79 Å². The van der Waals surface area contributed by atoms with Gasteiger partial charge in [-0.15, -0.1) is 0 Å². The Morgan fingerprint density at radius 1 is 0.971 bits per heavy atom. The molecule has 6 nitrogen and oxygen atoms in total. The smallest absolute Gasteiger partial charge is 0.229 e. The molecule has 180 valence electrons. The van der Waals surface area contributed by atoms with E-state index in [2.05, 4.69) is 5.32 Å². The van der Waals surface area contributed by atoms with Gasteiger partial charge in [0.05, 0.1) is 24.0 Å². The van der Waals surface area contributed by atoms with E-state index in [1.165, 1.54) is 38.5 Å². The van der Waals surface area contributed by atoms with Crippen LogP contribution in [0.25, 0.3) is 11.3 Å². The van der Waals surface area contributed by atoms with Crippen LogP contribution in [-0.4, -0.2) is 21.0 Å². The van der Waals surface area contributed by atoms with Crippen molar-refractivity contribution in [2.75, 3.05) is 11.1 Å². The third kappa shape index (κ3) is 4.62. The third-order valence-corrected chi connectivity index (χ3v) is 8.32. The molecule has 0 radical (unpaired) electrons. The van der Waals surface area contributed by atoms with Crippen molar-refractivity contribution < 1.29 is 9.90 Å². The molecule has 4 fully saturated rings. The van der Waals surface area contributed by atoms with Crippen LogP contribution in [0.1, 0.15) is 49.8 Å². The number of amides is 1. The monoisotopic (exact) mass is 468 g/mol. The first kappa shape index (κ1) is 22.1. The zero-order chi connectivity index (χ0) is 24.0. The second-order valence-electron chi connectivity index (χ2n) is 11.2. The first-order valence-corrected chi connectivity index (χ1v) is 12.7. The molecule has 4 N–H and O–H groups in total. The van der Waals surface area contributed by atoms with E-state index in [-0.39, 0.29) is 23.5 Å².